The highest BCUT2D eigenvalue weighted by Crippen LogP contribution is 2.44. The number of pyridine rings is 1. The molecule has 3 atom stereocenters. The van der Waals surface area contributed by atoms with Gasteiger partial charge in [-0.25, -0.2) is 0 Å². The molecule has 0 radical (unpaired) electrons. The molecule has 27 heavy (non-hydrogen) atoms. The van der Waals surface area contributed by atoms with E-state index in [2.05, 4.69) is 51.1 Å². The first-order valence-corrected chi connectivity index (χ1v) is 10.1. The maximum atomic E-state index is 13.0. The molecule has 0 unspecified atom stereocenters. The monoisotopic (exact) mass is 365 g/mol. The molecule has 2 aromatic rings. The highest BCUT2D eigenvalue weighted by atomic mass is 16.2. The van der Waals surface area contributed by atoms with E-state index in [1.54, 1.807) is 0 Å². The SMILES string of the molecule is C[C@@H]1CC[C@@H](C(C)(C)c2ccccc2)[C@H](N(C)C(=O)C[n+]2ccccc2)C1. The van der Waals surface area contributed by atoms with Crippen molar-refractivity contribution >= 4 is 5.91 Å². The minimum atomic E-state index is 0.0422. The van der Waals surface area contributed by atoms with Crippen LogP contribution in [0.3, 0.4) is 0 Å². The Hall–Kier alpha value is -2.16. The fraction of sp³-hybridized carbons (Fsp3) is 0.500. The van der Waals surface area contributed by atoms with Crippen LogP contribution in [0.4, 0.5) is 0 Å². The summed E-state index contributed by atoms with van der Waals surface area (Å²) in [7, 11) is 2.00. The zero-order valence-corrected chi connectivity index (χ0v) is 17.1. The van der Waals surface area contributed by atoms with Gasteiger partial charge in [0.05, 0.1) is 0 Å². The number of nitrogens with zero attached hydrogens (tertiary/aromatic N) is 2. The van der Waals surface area contributed by atoms with Gasteiger partial charge in [-0.05, 0) is 35.7 Å². The number of carbonyl (C=O) groups is 1. The van der Waals surface area contributed by atoms with Crippen molar-refractivity contribution in [2.24, 2.45) is 11.8 Å². The van der Waals surface area contributed by atoms with Crippen LogP contribution >= 0.6 is 0 Å². The van der Waals surface area contributed by atoms with Crippen molar-refractivity contribution in [3.8, 4) is 0 Å². The molecule has 1 fully saturated rings. The second kappa shape index (κ2) is 8.24. The summed E-state index contributed by atoms with van der Waals surface area (Å²) >= 11 is 0. The summed E-state index contributed by atoms with van der Waals surface area (Å²) in [6.45, 7) is 7.42. The molecule has 1 aliphatic rings. The van der Waals surface area contributed by atoms with E-state index in [9.17, 15) is 4.79 Å². The molecule has 1 aromatic carbocycles. The van der Waals surface area contributed by atoms with E-state index in [1.165, 1.54) is 18.4 Å². The van der Waals surface area contributed by atoms with Crippen LogP contribution < -0.4 is 4.57 Å². The molecule has 1 amide bonds. The van der Waals surface area contributed by atoms with Gasteiger partial charge < -0.3 is 4.90 Å². The molecular formula is C24H33N2O+. The molecule has 3 nitrogen and oxygen atoms in total. The minimum absolute atomic E-state index is 0.0422. The Morgan fingerprint density at radius 3 is 2.37 bits per heavy atom. The van der Waals surface area contributed by atoms with Gasteiger partial charge in [-0.3, -0.25) is 4.79 Å². The van der Waals surface area contributed by atoms with Crippen molar-refractivity contribution in [2.75, 3.05) is 7.05 Å². The third kappa shape index (κ3) is 4.40. The number of carbonyl (C=O) groups excluding carboxylic acids is 1. The average molecular weight is 366 g/mol. The smallest absolute Gasteiger partial charge is 0.288 e. The molecule has 0 bridgehead atoms. The Balaban J connectivity index is 1.82. The number of hydrogen-bond donors (Lipinski definition) is 0. The Bertz CT molecular complexity index is 741. The number of amides is 1. The lowest BCUT2D eigenvalue weighted by atomic mass is 9.63. The van der Waals surface area contributed by atoms with E-state index in [0.717, 1.165) is 6.42 Å². The van der Waals surface area contributed by atoms with Gasteiger partial charge in [-0.15, -0.1) is 0 Å². The number of likely N-dealkylation sites (N-methyl/N-ethyl adjacent to an activating group) is 1. The maximum absolute atomic E-state index is 13.0. The molecule has 0 aliphatic heterocycles. The number of rotatable bonds is 5. The fourth-order valence-electron chi connectivity index (χ4n) is 4.69. The number of aromatic nitrogens is 1. The normalized spacial score (nSPS) is 23.0. The summed E-state index contributed by atoms with van der Waals surface area (Å²) in [5, 5.41) is 0. The third-order valence-electron chi connectivity index (χ3n) is 6.51. The van der Waals surface area contributed by atoms with Crippen LogP contribution in [0.25, 0.3) is 0 Å². The largest absolute Gasteiger partial charge is 0.337 e. The molecule has 3 heteroatoms. The van der Waals surface area contributed by atoms with Crippen molar-refractivity contribution < 1.29 is 9.36 Å². The summed E-state index contributed by atoms with van der Waals surface area (Å²) in [5.41, 5.74) is 1.41. The summed E-state index contributed by atoms with van der Waals surface area (Å²) in [4.78, 5) is 15.1. The van der Waals surface area contributed by atoms with Crippen molar-refractivity contribution in [2.45, 2.75) is 58.0 Å². The molecule has 1 aromatic heterocycles. The Labute approximate surface area is 164 Å². The molecule has 0 N–H and O–H groups in total. The van der Waals surface area contributed by atoms with Crippen LogP contribution in [-0.2, 0) is 16.8 Å². The molecule has 3 rings (SSSR count). The van der Waals surface area contributed by atoms with Crippen molar-refractivity contribution in [1.29, 1.82) is 0 Å². The second-order valence-electron chi connectivity index (χ2n) is 8.73. The third-order valence-corrected chi connectivity index (χ3v) is 6.51. The topological polar surface area (TPSA) is 24.2 Å². The lowest BCUT2D eigenvalue weighted by molar-refractivity contribution is -0.685. The second-order valence-corrected chi connectivity index (χ2v) is 8.73. The first-order chi connectivity index (χ1) is 12.9. The molecule has 1 aliphatic carbocycles. The Morgan fingerprint density at radius 2 is 1.70 bits per heavy atom. The fourth-order valence-corrected chi connectivity index (χ4v) is 4.69. The van der Waals surface area contributed by atoms with Gasteiger partial charge in [-0.1, -0.05) is 63.6 Å². The van der Waals surface area contributed by atoms with Gasteiger partial charge in [0.15, 0.2) is 12.4 Å². The minimum Gasteiger partial charge on any atom is -0.337 e. The number of benzene rings is 1. The van der Waals surface area contributed by atoms with Gasteiger partial charge >= 0.3 is 0 Å². The van der Waals surface area contributed by atoms with E-state index in [4.69, 9.17) is 0 Å². The van der Waals surface area contributed by atoms with Gasteiger partial charge in [0.25, 0.3) is 5.91 Å². The van der Waals surface area contributed by atoms with Crippen LogP contribution in [0.1, 0.15) is 45.6 Å². The van der Waals surface area contributed by atoms with Crippen LogP contribution in [0.15, 0.2) is 60.9 Å². The Morgan fingerprint density at radius 1 is 1.07 bits per heavy atom. The van der Waals surface area contributed by atoms with Gasteiger partial charge in [0, 0.05) is 25.2 Å². The van der Waals surface area contributed by atoms with Gasteiger partial charge in [-0.2, -0.15) is 4.57 Å². The predicted molar refractivity (Wildman–Crippen MR) is 109 cm³/mol. The van der Waals surface area contributed by atoms with Crippen LogP contribution in [0, 0.1) is 11.8 Å². The van der Waals surface area contributed by atoms with Crippen LogP contribution in [0.2, 0.25) is 0 Å². The highest BCUT2D eigenvalue weighted by molar-refractivity contribution is 5.74. The van der Waals surface area contributed by atoms with E-state index >= 15 is 0 Å². The molecule has 144 valence electrons. The van der Waals surface area contributed by atoms with Crippen molar-refractivity contribution in [3.63, 3.8) is 0 Å². The summed E-state index contributed by atoms with van der Waals surface area (Å²) < 4.78 is 1.96. The van der Waals surface area contributed by atoms with E-state index in [-0.39, 0.29) is 17.4 Å². The van der Waals surface area contributed by atoms with Crippen molar-refractivity contribution in [3.05, 3.63) is 66.5 Å². The maximum Gasteiger partial charge on any atom is 0.288 e. The van der Waals surface area contributed by atoms with E-state index in [0.29, 0.717) is 18.4 Å². The Kier molecular flexibility index (Phi) is 5.98. The predicted octanol–water partition coefficient (Wildman–Crippen LogP) is 4.22. The van der Waals surface area contributed by atoms with Gasteiger partial charge in [0.1, 0.15) is 0 Å². The first kappa shape index (κ1) is 19.6. The number of hydrogen-bond acceptors (Lipinski definition) is 1. The quantitative estimate of drug-likeness (QED) is 0.728. The summed E-state index contributed by atoms with van der Waals surface area (Å²) in [5.74, 6) is 1.32. The summed E-state index contributed by atoms with van der Waals surface area (Å²) in [6, 6.07) is 17.0. The lowest BCUT2D eigenvalue weighted by Gasteiger charge is -2.47. The van der Waals surface area contributed by atoms with E-state index < -0.39 is 0 Å². The van der Waals surface area contributed by atoms with Crippen molar-refractivity contribution in [1.82, 2.24) is 4.90 Å². The lowest BCUT2D eigenvalue weighted by Crippen LogP contribution is -2.53. The van der Waals surface area contributed by atoms with Crippen LogP contribution in [-0.4, -0.2) is 23.9 Å². The molecular weight excluding hydrogens is 332 g/mol. The van der Waals surface area contributed by atoms with Gasteiger partial charge in [0.2, 0.25) is 6.54 Å². The molecule has 0 saturated heterocycles. The molecule has 1 heterocycles. The van der Waals surface area contributed by atoms with Crippen LogP contribution in [0.5, 0.6) is 0 Å². The zero-order chi connectivity index (χ0) is 19.4. The standard InChI is InChI=1S/C24H33N2O/c1-19-13-14-21(24(2,3)20-11-7-5-8-12-20)22(17-19)25(4)23(27)18-26-15-9-6-10-16-26/h5-12,15-16,19,21-22H,13-14,17-18H2,1-4H3/q+1/t19-,21-,22-/m1/s1. The van der Waals surface area contributed by atoms with E-state index in [1.807, 2.05) is 47.1 Å². The highest BCUT2D eigenvalue weighted by Gasteiger charge is 2.42. The zero-order valence-electron chi connectivity index (χ0n) is 17.1. The average Bonchev–Trinajstić information content (AvgIpc) is 2.68. The molecule has 0 spiro atoms. The molecule has 1 saturated carbocycles. The summed E-state index contributed by atoms with van der Waals surface area (Å²) in [6.07, 6.45) is 7.42. The first-order valence-electron chi connectivity index (χ1n) is 10.1.